The van der Waals surface area contributed by atoms with Crippen molar-refractivity contribution in [3.05, 3.63) is 117 Å². The second-order valence-electron chi connectivity index (χ2n) is 8.40. The van der Waals surface area contributed by atoms with E-state index in [1.807, 2.05) is 17.5 Å². The van der Waals surface area contributed by atoms with Gasteiger partial charge in [-0.2, -0.15) is 13.2 Å². The van der Waals surface area contributed by atoms with Crippen LogP contribution >= 0.6 is 34.7 Å². The lowest BCUT2D eigenvalue weighted by Crippen LogP contribution is -2.30. The van der Waals surface area contributed by atoms with Gasteiger partial charge in [-0.05, 0) is 66.1 Å². The maximum Gasteiger partial charge on any atom is 0.416 e. The number of anilines is 2. The molecule has 0 unspecified atom stereocenters. The summed E-state index contributed by atoms with van der Waals surface area (Å²) in [7, 11) is 0. The second kappa shape index (κ2) is 13.5. The molecule has 0 spiro atoms. The van der Waals surface area contributed by atoms with E-state index in [9.17, 15) is 27.6 Å². The van der Waals surface area contributed by atoms with E-state index in [0.29, 0.717) is 16.1 Å². The van der Waals surface area contributed by atoms with E-state index in [-0.39, 0.29) is 22.2 Å². The first-order chi connectivity index (χ1) is 19.6. The predicted molar refractivity (Wildman–Crippen MR) is 157 cm³/mol. The van der Waals surface area contributed by atoms with Crippen LogP contribution in [0, 0.1) is 0 Å². The zero-order valence-corrected chi connectivity index (χ0v) is 23.4. The zero-order chi connectivity index (χ0) is 29.4. The van der Waals surface area contributed by atoms with Crippen molar-refractivity contribution in [2.45, 2.75) is 11.1 Å². The fraction of sp³-hybridized carbons (Fsp3) is 0.0690. The van der Waals surface area contributed by atoms with Gasteiger partial charge >= 0.3 is 6.18 Å². The van der Waals surface area contributed by atoms with E-state index < -0.39 is 29.5 Å². The molecule has 3 N–H and O–H groups in total. The van der Waals surface area contributed by atoms with E-state index in [0.717, 1.165) is 34.8 Å². The third kappa shape index (κ3) is 8.71. The normalized spacial score (nSPS) is 11.6. The van der Waals surface area contributed by atoms with E-state index in [2.05, 4.69) is 16.0 Å². The van der Waals surface area contributed by atoms with Crippen LogP contribution in [0.3, 0.4) is 0 Å². The van der Waals surface area contributed by atoms with Gasteiger partial charge in [-0.25, -0.2) is 0 Å². The SMILES string of the molecule is O=C(CSc1cccc(NC(=O)/C(=C/c2cccs2)NC(=O)c2ccccc2)c1)Nc1cc(C(F)(F)F)ccc1Cl. The van der Waals surface area contributed by atoms with E-state index in [1.54, 1.807) is 60.7 Å². The largest absolute Gasteiger partial charge is 0.416 e. The first-order valence-corrected chi connectivity index (χ1v) is 14.2. The minimum absolute atomic E-state index is 0.0215. The number of halogens is 4. The van der Waals surface area contributed by atoms with Crippen LogP contribution in [0.15, 0.2) is 101 Å². The number of thioether (sulfide) groups is 1. The third-order valence-electron chi connectivity index (χ3n) is 5.39. The molecule has 3 amide bonds. The molecule has 0 saturated carbocycles. The number of alkyl halides is 3. The number of nitrogens with one attached hydrogen (secondary N) is 3. The number of rotatable bonds is 9. The van der Waals surface area contributed by atoms with Crippen LogP contribution in [0.25, 0.3) is 6.08 Å². The van der Waals surface area contributed by atoms with Crippen molar-refractivity contribution in [3.63, 3.8) is 0 Å². The molecule has 0 fully saturated rings. The summed E-state index contributed by atoms with van der Waals surface area (Å²) in [4.78, 5) is 39.7. The summed E-state index contributed by atoms with van der Waals surface area (Å²) in [6.07, 6.45) is -3.00. The van der Waals surface area contributed by atoms with Gasteiger partial charge in [0.05, 0.1) is 22.0 Å². The number of hydrogen-bond acceptors (Lipinski definition) is 5. The highest BCUT2D eigenvalue weighted by Gasteiger charge is 2.31. The Kier molecular flexibility index (Phi) is 9.87. The van der Waals surface area contributed by atoms with Gasteiger partial charge in [0.1, 0.15) is 5.70 Å². The molecule has 4 rings (SSSR count). The summed E-state index contributed by atoms with van der Waals surface area (Å²) in [5, 5.41) is 9.64. The monoisotopic (exact) mass is 615 g/mol. The van der Waals surface area contributed by atoms with Crippen molar-refractivity contribution >= 4 is 69.9 Å². The maximum atomic E-state index is 13.2. The molecule has 12 heteroatoms. The Morgan fingerprint density at radius 3 is 2.39 bits per heavy atom. The van der Waals surface area contributed by atoms with Crippen molar-refractivity contribution in [1.29, 1.82) is 0 Å². The van der Waals surface area contributed by atoms with Gasteiger partial charge in [0.15, 0.2) is 0 Å². The Hall–Kier alpha value is -4.06. The molecule has 210 valence electrons. The Balaban J connectivity index is 1.41. The van der Waals surface area contributed by atoms with E-state index in [4.69, 9.17) is 11.6 Å². The van der Waals surface area contributed by atoms with Crippen molar-refractivity contribution in [3.8, 4) is 0 Å². The summed E-state index contributed by atoms with van der Waals surface area (Å²) >= 11 is 8.47. The molecule has 0 atom stereocenters. The van der Waals surface area contributed by atoms with Crippen molar-refractivity contribution in [1.82, 2.24) is 5.32 Å². The molecule has 0 bridgehead atoms. The topological polar surface area (TPSA) is 87.3 Å². The Morgan fingerprint density at radius 1 is 0.902 bits per heavy atom. The standard InChI is InChI=1S/C29H21ClF3N3O3S2/c30-23-12-11-19(29(31,32)33)14-24(23)35-26(37)17-41-21-9-4-8-20(15-21)34-28(39)25(16-22-10-5-13-40-22)36-27(38)18-6-2-1-3-7-18/h1-16H,17H2,(H,34,39)(H,35,37)(H,36,38)/b25-16-. The Labute approximate surface area is 246 Å². The van der Waals surface area contributed by atoms with E-state index in [1.165, 1.54) is 11.3 Å². The smallest absolute Gasteiger partial charge is 0.324 e. The lowest BCUT2D eigenvalue weighted by Gasteiger charge is -2.12. The van der Waals surface area contributed by atoms with Crippen LogP contribution in [0.5, 0.6) is 0 Å². The summed E-state index contributed by atoms with van der Waals surface area (Å²) in [6.45, 7) is 0. The average Bonchev–Trinajstić information content (AvgIpc) is 3.46. The Morgan fingerprint density at radius 2 is 1.68 bits per heavy atom. The zero-order valence-electron chi connectivity index (χ0n) is 21.0. The highest BCUT2D eigenvalue weighted by Crippen LogP contribution is 2.34. The number of benzene rings is 3. The highest BCUT2D eigenvalue weighted by molar-refractivity contribution is 8.00. The van der Waals surface area contributed by atoms with Gasteiger partial charge in [-0.15, -0.1) is 23.1 Å². The quantitative estimate of drug-likeness (QED) is 0.134. The van der Waals surface area contributed by atoms with Crippen LogP contribution in [-0.4, -0.2) is 23.5 Å². The summed E-state index contributed by atoms with van der Waals surface area (Å²) in [5.74, 6) is -1.68. The number of thiophene rings is 1. The minimum Gasteiger partial charge on any atom is -0.324 e. The minimum atomic E-state index is -4.58. The molecule has 0 aliphatic heterocycles. The molecule has 41 heavy (non-hydrogen) atoms. The van der Waals surface area contributed by atoms with Gasteiger partial charge in [-0.1, -0.05) is 41.9 Å². The van der Waals surface area contributed by atoms with Crippen LogP contribution in [0.4, 0.5) is 24.5 Å². The van der Waals surface area contributed by atoms with Gasteiger partial charge in [0.25, 0.3) is 11.8 Å². The number of carbonyl (C=O) groups excluding carboxylic acids is 3. The molecule has 0 aliphatic rings. The van der Waals surface area contributed by atoms with Crippen LogP contribution in [-0.2, 0) is 15.8 Å². The molecule has 4 aromatic rings. The lowest BCUT2D eigenvalue weighted by molar-refractivity contribution is -0.137. The van der Waals surface area contributed by atoms with Crippen molar-refractivity contribution in [2.24, 2.45) is 0 Å². The summed E-state index contributed by atoms with van der Waals surface area (Å²) in [6, 6.07) is 21.5. The molecule has 0 radical (unpaired) electrons. The first-order valence-electron chi connectivity index (χ1n) is 11.9. The van der Waals surface area contributed by atoms with Crippen LogP contribution in [0.1, 0.15) is 20.8 Å². The van der Waals surface area contributed by atoms with Crippen molar-refractivity contribution in [2.75, 3.05) is 16.4 Å². The van der Waals surface area contributed by atoms with Crippen molar-refractivity contribution < 1.29 is 27.6 Å². The molecular formula is C29H21ClF3N3O3S2. The fourth-order valence-electron chi connectivity index (χ4n) is 3.45. The molecule has 3 aromatic carbocycles. The summed E-state index contributed by atoms with van der Waals surface area (Å²) < 4.78 is 39.0. The molecule has 0 aliphatic carbocycles. The fourth-order valence-corrected chi connectivity index (χ4v) is 5.03. The molecule has 6 nitrogen and oxygen atoms in total. The van der Waals surface area contributed by atoms with Crippen LogP contribution < -0.4 is 16.0 Å². The maximum absolute atomic E-state index is 13.2. The second-order valence-corrected chi connectivity index (χ2v) is 10.8. The lowest BCUT2D eigenvalue weighted by atomic mass is 10.2. The predicted octanol–water partition coefficient (Wildman–Crippen LogP) is 7.56. The molecule has 1 aromatic heterocycles. The van der Waals surface area contributed by atoms with Gasteiger partial charge < -0.3 is 16.0 Å². The molecule has 0 saturated heterocycles. The van der Waals surface area contributed by atoms with Gasteiger partial charge in [-0.3, -0.25) is 14.4 Å². The molecule has 1 heterocycles. The van der Waals surface area contributed by atoms with Crippen LogP contribution in [0.2, 0.25) is 5.02 Å². The van der Waals surface area contributed by atoms with Gasteiger partial charge in [0.2, 0.25) is 5.91 Å². The first kappa shape index (κ1) is 29.9. The number of hydrogen-bond donors (Lipinski definition) is 3. The van der Waals surface area contributed by atoms with Gasteiger partial charge in [0, 0.05) is 21.0 Å². The third-order valence-corrected chi connectivity index (χ3v) is 7.53. The average molecular weight is 616 g/mol. The number of amides is 3. The summed E-state index contributed by atoms with van der Waals surface area (Å²) in [5.41, 5.74) is -0.235. The highest BCUT2D eigenvalue weighted by atomic mass is 35.5. The Bertz CT molecular complexity index is 1580. The van der Waals surface area contributed by atoms with E-state index >= 15 is 0 Å². The number of carbonyl (C=O) groups is 3. The molecular weight excluding hydrogens is 595 g/mol.